The summed E-state index contributed by atoms with van der Waals surface area (Å²) in [6.07, 6.45) is 12.7. The van der Waals surface area contributed by atoms with E-state index in [1.54, 1.807) is 28.2 Å². The predicted molar refractivity (Wildman–Crippen MR) is 106 cm³/mol. The Labute approximate surface area is 156 Å². The highest BCUT2D eigenvalue weighted by Crippen LogP contribution is 2.34. The monoisotopic (exact) mass is 369 g/mol. The molecule has 1 aliphatic rings. The summed E-state index contributed by atoms with van der Waals surface area (Å²) in [4.78, 5) is 24.2. The molecule has 26 heavy (non-hydrogen) atoms. The van der Waals surface area contributed by atoms with Crippen molar-refractivity contribution in [1.29, 1.82) is 0 Å². The van der Waals surface area contributed by atoms with Gasteiger partial charge in [-0.15, -0.1) is 17.9 Å². The molecule has 7 heteroatoms. The quantitative estimate of drug-likeness (QED) is 0.513. The van der Waals surface area contributed by atoms with Crippen molar-refractivity contribution in [3.05, 3.63) is 52.2 Å². The summed E-state index contributed by atoms with van der Waals surface area (Å²) >= 11 is 1.69. The average Bonchev–Trinajstić information content (AvgIpc) is 3.28. The van der Waals surface area contributed by atoms with E-state index in [2.05, 4.69) is 16.9 Å². The highest BCUT2D eigenvalue weighted by molar-refractivity contribution is 7.18. The highest BCUT2D eigenvalue weighted by atomic mass is 32.1. The number of thiophene rings is 1. The first kappa shape index (κ1) is 17.0. The van der Waals surface area contributed by atoms with Gasteiger partial charge in [-0.25, -0.2) is 9.97 Å². The molecule has 1 aliphatic carbocycles. The molecule has 0 aromatic carbocycles. The van der Waals surface area contributed by atoms with Crippen LogP contribution in [0.1, 0.15) is 29.7 Å². The fourth-order valence-corrected chi connectivity index (χ4v) is 4.80. The third-order valence-electron chi connectivity index (χ3n) is 4.82. The predicted octanol–water partition coefficient (Wildman–Crippen LogP) is 3.22. The van der Waals surface area contributed by atoms with Gasteiger partial charge in [-0.3, -0.25) is 9.36 Å². The molecule has 6 nitrogen and oxygen atoms in total. The molecular weight excluding hydrogens is 346 g/mol. The Balaban J connectivity index is 1.61. The van der Waals surface area contributed by atoms with Crippen LogP contribution in [-0.4, -0.2) is 25.6 Å². The molecule has 0 radical (unpaired) electrons. The summed E-state index contributed by atoms with van der Waals surface area (Å²) in [5.74, 6) is 0.645. The molecule has 0 saturated carbocycles. The van der Waals surface area contributed by atoms with E-state index >= 15 is 0 Å². The van der Waals surface area contributed by atoms with Gasteiger partial charge < -0.3 is 9.88 Å². The Morgan fingerprint density at radius 3 is 3.04 bits per heavy atom. The number of nitrogens with zero attached hydrogens (tertiary/aromatic N) is 4. The van der Waals surface area contributed by atoms with Crippen molar-refractivity contribution in [3.63, 3.8) is 0 Å². The molecule has 3 aromatic rings. The number of imidazole rings is 1. The molecule has 0 saturated heterocycles. The van der Waals surface area contributed by atoms with E-state index in [0.717, 1.165) is 49.0 Å². The number of rotatable bonds is 7. The van der Waals surface area contributed by atoms with Crippen molar-refractivity contribution in [3.8, 4) is 0 Å². The van der Waals surface area contributed by atoms with Gasteiger partial charge in [0.15, 0.2) is 0 Å². The van der Waals surface area contributed by atoms with Gasteiger partial charge in [0.05, 0.1) is 11.7 Å². The first-order valence-electron chi connectivity index (χ1n) is 9.13. The van der Waals surface area contributed by atoms with Crippen LogP contribution in [-0.2, 0) is 25.9 Å². The summed E-state index contributed by atoms with van der Waals surface area (Å²) in [6, 6.07) is 0. The summed E-state index contributed by atoms with van der Waals surface area (Å²) in [5, 5.41) is 4.18. The normalized spacial score (nSPS) is 13.7. The first-order chi connectivity index (χ1) is 12.8. The Kier molecular flexibility index (Phi) is 4.88. The highest BCUT2D eigenvalue weighted by Gasteiger charge is 2.21. The number of anilines is 1. The van der Waals surface area contributed by atoms with Gasteiger partial charge in [0.25, 0.3) is 5.56 Å². The summed E-state index contributed by atoms with van der Waals surface area (Å²) in [7, 11) is 0. The van der Waals surface area contributed by atoms with Gasteiger partial charge in [0.1, 0.15) is 4.83 Å². The molecule has 1 N–H and O–H groups in total. The fourth-order valence-electron chi connectivity index (χ4n) is 3.55. The van der Waals surface area contributed by atoms with Gasteiger partial charge in [-0.2, -0.15) is 0 Å². The van der Waals surface area contributed by atoms with Gasteiger partial charge in [0, 0.05) is 36.9 Å². The van der Waals surface area contributed by atoms with Gasteiger partial charge >= 0.3 is 0 Å². The SMILES string of the molecule is C=CCn1c(NCCCn2ccnc2)nc2sc3c(c2c1=O)CCCC3. The van der Waals surface area contributed by atoms with Crippen LogP contribution in [0.3, 0.4) is 0 Å². The molecule has 3 aromatic heterocycles. The number of aryl methyl sites for hydroxylation is 3. The molecule has 0 fully saturated rings. The summed E-state index contributed by atoms with van der Waals surface area (Å²) in [6.45, 7) is 5.90. The fraction of sp³-hybridized carbons (Fsp3) is 0.421. The second-order valence-electron chi connectivity index (χ2n) is 6.61. The van der Waals surface area contributed by atoms with Crippen molar-refractivity contribution in [2.45, 2.75) is 45.2 Å². The van der Waals surface area contributed by atoms with E-state index in [-0.39, 0.29) is 5.56 Å². The number of nitrogens with one attached hydrogen (secondary N) is 1. The van der Waals surface area contributed by atoms with E-state index in [0.29, 0.717) is 12.5 Å². The van der Waals surface area contributed by atoms with Crippen LogP contribution in [0.5, 0.6) is 0 Å². The molecule has 0 aliphatic heterocycles. The molecule has 4 rings (SSSR count). The number of hydrogen-bond acceptors (Lipinski definition) is 5. The summed E-state index contributed by atoms with van der Waals surface area (Å²) in [5.41, 5.74) is 1.30. The lowest BCUT2D eigenvalue weighted by Crippen LogP contribution is -2.25. The van der Waals surface area contributed by atoms with Crippen LogP contribution in [0.2, 0.25) is 0 Å². The topological polar surface area (TPSA) is 64.7 Å². The van der Waals surface area contributed by atoms with Crippen molar-refractivity contribution < 1.29 is 0 Å². The second kappa shape index (κ2) is 7.45. The zero-order valence-corrected chi connectivity index (χ0v) is 15.6. The lowest BCUT2D eigenvalue weighted by molar-refractivity contribution is 0.654. The maximum Gasteiger partial charge on any atom is 0.264 e. The van der Waals surface area contributed by atoms with E-state index in [1.807, 2.05) is 17.1 Å². The maximum absolute atomic E-state index is 13.1. The Hall–Kier alpha value is -2.41. The number of hydrogen-bond donors (Lipinski definition) is 1. The lowest BCUT2D eigenvalue weighted by Gasteiger charge is -2.13. The van der Waals surface area contributed by atoms with Crippen LogP contribution in [0, 0.1) is 0 Å². The van der Waals surface area contributed by atoms with Crippen molar-refractivity contribution in [1.82, 2.24) is 19.1 Å². The molecule has 0 unspecified atom stereocenters. The molecule has 0 amide bonds. The minimum absolute atomic E-state index is 0.0615. The lowest BCUT2D eigenvalue weighted by atomic mass is 9.97. The zero-order chi connectivity index (χ0) is 17.9. The largest absolute Gasteiger partial charge is 0.355 e. The summed E-state index contributed by atoms with van der Waals surface area (Å²) < 4.78 is 3.76. The molecular formula is C19H23N5OS. The van der Waals surface area contributed by atoms with Gasteiger partial charge in [0.2, 0.25) is 5.95 Å². The molecule has 0 atom stereocenters. The van der Waals surface area contributed by atoms with Crippen LogP contribution in [0.4, 0.5) is 5.95 Å². The number of fused-ring (bicyclic) bond motifs is 3. The standard InChI is InChI=1S/C19H23N5OS/c1-2-10-24-18(25)16-14-6-3-4-7-15(14)26-17(16)22-19(24)21-8-5-11-23-12-9-20-13-23/h2,9,12-13H,1,3-8,10-11H2,(H,21,22). The van der Waals surface area contributed by atoms with E-state index in [1.165, 1.54) is 16.9 Å². The Morgan fingerprint density at radius 1 is 1.35 bits per heavy atom. The smallest absolute Gasteiger partial charge is 0.264 e. The van der Waals surface area contributed by atoms with Gasteiger partial charge in [-0.05, 0) is 37.7 Å². The third-order valence-corrected chi connectivity index (χ3v) is 6.01. The van der Waals surface area contributed by atoms with Crippen LogP contribution in [0.15, 0.2) is 36.2 Å². The Morgan fingerprint density at radius 2 is 2.23 bits per heavy atom. The average molecular weight is 369 g/mol. The zero-order valence-electron chi connectivity index (χ0n) is 14.8. The van der Waals surface area contributed by atoms with Gasteiger partial charge in [-0.1, -0.05) is 6.08 Å². The van der Waals surface area contributed by atoms with Crippen molar-refractivity contribution in [2.24, 2.45) is 0 Å². The van der Waals surface area contributed by atoms with E-state index in [4.69, 9.17) is 4.98 Å². The van der Waals surface area contributed by atoms with Crippen molar-refractivity contribution in [2.75, 3.05) is 11.9 Å². The van der Waals surface area contributed by atoms with E-state index < -0.39 is 0 Å². The number of allylic oxidation sites excluding steroid dienone is 1. The number of aromatic nitrogens is 4. The second-order valence-corrected chi connectivity index (χ2v) is 7.70. The molecule has 0 bridgehead atoms. The Bertz CT molecular complexity index is 970. The molecule has 0 spiro atoms. The first-order valence-corrected chi connectivity index (χ1v) is 9.95. The van der Waals surface area contributed by atoms with Crippen LogP contribution < -0.4 is 10.9 Å². The minimum Gasteiger partial charge on any atom is -0.355 e. The molecule has 3 heterocycles. The van der Waals surface area contributed by atoms with Crippen molar-refractivity contribution >= 4 is 27.5 Å². The van der Waals surface area contributed by atoms with E-state index in [9.17, 15) is 4.79 Å². The minimum atomic E-state index is 0.0615. The van der Waals surface area contributed by atoms with Crippen LogP contribution >= 0.6 is 11.3 Å². The maximum atomic E-state index is 13.1. The molecule has 136 valence electrons. The third kappa shape index (κ3) is 3.19. The van der Waals surface area contributed by atoms with Crippen LogP contribution in [0.25, 0.3) is 10.2 Å².